The van der Waals surface area contributed by atoms with Crippen molar-refractivity contribution in [1.82, 2.24) is 4.90 Å². The van der Waals surface area contributed by atoms with E-state index in [1.165, 1.54) is 0 Å². The van der Waals surface area contributed by atoms with Gasteiger partial charge in [-0.05, 0) is 0 Å². The van der Waals surface area contributed by atoms with Crippen LogP contribution in [0.3, 0.4) is 0 Å². The summed E-state index contributed by atoms with van der Waals surface area (Å²) in [6.07, 6.45) is -4.67. The molecule has 1 unspecified atom stereocenters. The maximum atomic E-state index is 12.0. The van der Waals surface area contributed by atoms with Crippen LogP contribution in [0.15, 0.2) is 0 Å². The van der Waals surface area contributed by atoms with Crippen LogP contribution in [0.1, 0.15) is 6.42 Å². The molecule has 1 heterocycles. The zero-order chi connectivity index (χ0) is 12.6. The molecule has 0 saturated carbocycles. The Bertz CT molecular complexity index is 381. The van der Waals surface area contributed by atoms with Gasteiger partial charge in [-0.1, -0.05) is 0 Å². The molecule has 94 valence electrons. The van der Waals surface area contributed by atoms with Gasteiger partial charge in [0.2, 0.25) is 15.0 Å². The lowest BCUT2D eigenvalue weighted by atomic mass is 10.1. The summed E-state index contributed by atoms with van der Waals surface area (Å²) in [6, 6.07) is 0. The van der Waals surface area contributed by atoms with E-state index in [9.17, 15) is 26.4 Å². The van der Waals surface area contributed by atoms with E-state index in [-0.39, 0.29) is 13.0 Å². The average Bonchev–Trinajstić information content (AvgIpc) is 2.23. The topological polar surface area (TPSA) is 54.5 Å². The standard InChI is InChI=1S/C7H9ClF3NO3S/c8-16(14,15)3-5-1-6(13)12(2-5)4-7(9,10)11/h5H,1-4H2. The van der Waals surface area contributed by atoms with Crippen molar-refractivity contribution in [3.05, 3.63) is 0 Å². The monoisotopic (exact) mass is 279 g/mol. The number of likely N-dealkylation sites (tertiary alicyclic amines) is 1. The van der Waals surface area contributed by atoms with Crippen molar-refractivity contribution in [2.45, 2.75) is 12.6 Å². The number of halogens is 4. The lowest BCUT2D eigenvalue weighted by Gasteiger charge is -2.18. The van der Waals surface area contributed by atoms with E-state index in [1.807, 2.05) is 0 Å². The Labute approximate surface area is 94.8 Å². The molecule has 1 saturated heterocycles. The molecule has 1 aliphatic heterocycles. The van der Waals surface area contributed by atoms with E-state index in [0.717, 1.165) is 0 Å². The molecule has 0 N–H and O–H groups in total. The summed E-state index contributed by atoms with van der Waals surface area (Å²) in [4.78, 5) is 11.7. The quantitative estimate of drug-likeness (QED) is 0.723. The second kappa shape index (κ2) is 4.40. The largest absolute Gasteiger partial charge is 0.406 e. The minimum Gasteiger partial charge on any atom is -0.333 e. The summed E-state index contributed by atoms with van der Waals surface area (Å²) in [5.74, 6) is -1.82. The van der Waals surface area contributed by atoms with E-state index in [2.05, 4.69) is 0 Å². The van der Waals surface area contributed by atoms with Crippen molar-refractivity contribution in [1.29, 1.82) is 0 Å². The molecular weight excluding hydrogens is 271 g/mol. The molecule has 1 fully saturated rings. The van der Waals surface area contributed by atoms with Crippen LogP contribution < -0.4 is 0 Å². The van der Waals surface area contributed by atoms with Crippen LogP contribution in [0, 0.1) is 5.92 Å². The summed E-state index contributed by atoms with van der Waals surface area (Å²) in [7, 11) is 1.18. The molecule has 0 aliphatic carbocycles. The molecule has 0 aromatic heterocycles. The van der Waals surface area contributed by atoms with Gasteiger partial charge in [-0.25, -0.2) is 8.42 Å². The van der Waals surface area contributed by atoms with Gasteiger partial charge in [-0.15, -0.1) is 0 Å². The fraction of sp³-hybridized carbons (Fsp3) is 0.857. The van der Waals surface area contributed by atoms with E-state index in [0.29, 0.717) is 4.90 Å². The van der Waals surface area contributed by atoms with Crippen LogP contribution in [0.25, 0.3) is 0 Å². The highest BCUT2D eigenvalue weighted by molar-refractivity contribution is 8.13. The highest BCUT2D eigenvalue weighted by Gasteiger charge is 2.39. The van der Waals surface area contributed by atoms with Crippen LogP contribution in [0.2, 0.25) is 0 Å². The Morgan fingerprint density at radius 1 is 1.44 bits per heavy atom. The molecule has 1 atom stereocenters. The summed E-state index contributed by atoms with van der Waals surface area (Å²) in [6.45, 7) is -1.56. The summed E-state index contributed by atoms with van der Waals surface area (Å²) < 4.78 is 57.4. The minimum atomic E-state index is -4.47. The second-order valence-corrected chi connectivity index (χ2v) is 6.49. The molecule has 9 heteroatoms. The molecule has 1 amide bonds. The number of carbonyl (C=O) groups is 1. The molecule has 1 rings (SSSR count). The summed E-state index contributed by atoms with van der Waals surface area (Å²) >= 11 is 0. The Balaban J connectivity index is 2.58. The predicted octanol–water partition coefficient (Wildman–Crippen LogP) is 0.966. The van der Waals surface area contributed by atoms with Crippen LogP contribution in [-0.2, 0) is 13.8 Å². The third-order valence-corrected chi connectivity index (χ3v) is 3.35. The van der Waals surface area contributed by atoms with Gasteiger partial charge in [0.15, 0.2) is 0 Å². The van der Waals surface area contributed by atoms with Crippen molar-refractivity contribution in [3.63, 3.8) is 0 Å². The minimum absolute atomic E-state index is 0.206. The van der Waals surface area contributed by atoms with E-state index in [1.54, 1.807) is 0 Å². The van der Waals surface area contributed by atoms with Gasteiger partial charge in [0.05, 0.1) is 5.75 Å². The highest BCUT2D eigenvalue weighted by Crippen LogP contribution is 2.25. The average molecular weight is 280 g/mol. The molecule has 0 bridgehead atoms. The van der Waals surface area contributed by atoms with Crippen LogP contribution >= 0.6 is 10.7 Å². The maximum absolute atomic E-state index is 12.0. The SMILES string of the molecule is O=C1CC(CS(=O)(=O)Cl)CN1CC(F)(F)F. The van der Waals surface area contributed by atoms with E-state index < -0.39 is 39.3 Å². The number of carbonyl (C=O) groups excluding carboxylic acids is 1. The van der Waals surface area contributed by atoms with Crippen LogP contribution in [0.5, 0.6) is 0 Å². The van der Waals surface area contributed by atoms with Crippen LogP contribution in [0.4, 0.5) is 13.2 Å². The number of alkyl halides is 3. The van der Waals surface area contributed by atoms with Crippen molar-refractivity contribution < 1.29 is 26.4 Å². The van der Waals surface area contributed by atoms with Gasteiger partial charge in [-0.3, -0.25) is 4.79 Å². The lowest BCUT2D eigenvalue weighted by Crippen LogP contribution is -2.35. The predicted molar refractivity (Wildman–Crippen MR) is 50.4 cm³/mol. The molecule has 0 aromatic rings. The first kappa shape index (κ1) is 13.6. The van der Waals surface area contributed by atoms with Crippen LogP contribution in [-0.4, -0.2) is 44.2 Å². The first-order chi connectivity index (χ1) is 7.07. The van der Waals surface area contributed by atoms with Crippen molar-refractivity contribution in [3.8, 4) is 0 Å². The number of hydrogen-bond donors (Lipinski definition) is 0. The van der Waals surface area contributed by atoms with Gasteiger partial charge in [0.1, 0.15) is 6.54 Å². The Hall–Kier alpha value is -0.500. The maximum Gasteiger partial charge on any atom is 0.406 e. The zero-order valence-electron chi connectivity index (χ0n) is 8.00. The second-order valence-electron chi connectivity index (χ2n) is 3.67. The molecule has 0 radical (unpaired) electrons. The molecule has 1 aliphatic rings. The van der Waals surface area contributed by atoms with E-state index >= 15 is 0 Å². The van der Waals surface area contributed by atoms with Gasteiger partial charge in [0.25, 0.3) is 0 Å². The van der Waals surface area contributed by atoms with Crippen molar-refractivity contribution in [2.24, 2.45) is 5.92 Å². The molecular formula is C7H9ClF3NO3S. The zero-order valence-corrected chi connectivity index (χ0v) is 9.57. The van der Waals surface area contributed by atoms with Crippen molar-refractivity contribution >= 4 is 25.6 Å². The number of hydrogen-bond acceptors (Lipinski definition) is 3. The fourth-order valence-electron chi connectivity index (χ4n) is 1.62. The number of rotatable bonds is 3. The van der Waals surface area contributed by atoms with Gasteiger partial charge in [0, 0.05) is 29.6 Å². The third kappa shape index (κ3) is 4.56. The summed E-state index contributed by atoms with van der Waals surface area (Å²) in [5, 5.41) is 0. The number of nitrogens with zero attached hydrogens (tertiary/aromatic N) is 1. The third-order valence-electron chi connectivity index (χ3n) is 2.10. The Morgan fingerprint density at radius 2 is 2.00 bits per heavy atom. The summed E-state index contributed by atoms with van der Waals surface area (Å²) in [5.41, 5.74) is 0. The molecule has 4 nitrogen and oxygen atoms in total. The van der Waals surface area contributed by atoms with Crippen molar-refractivity contribution in [2.75, 3.05) is 18.8 Å². The molecule has 16 heavy (non-hydrogen) atoms. The Kier molecular flexibility index (Phi) is 3.73. The fourth-order valence-corrected chi connectivity index (χ4v) is 2.94. The Morgan fingerprint density at radius 3 is 2.44 bits per heavy atom. The first-order valence-electron chi connectivity index (χ1n) is 4.34. The van der Waals surface area contributed by atoms with E-state index in [4.69, 9.17) is 10.7 Å². The lowest BCUT2D eigenvalue weighted by molar-refractivity contribution is -0.157. The molecule has 0 aromatic carbocycles. The molecule has 0 spiro atoms. The van der Waals surface area contributed by atoms with Gasteiger partial charge >= 0.3 is 6.18 Å². The smallest absolute Gasteiger partial charge is 0.333 e. The van der Waals surface area contributed by atoms with Gasteiger partial charge in [-0.2, -0.15) is 13.2 Å². The van der Waals surface area contributed by atoms with Gasteiger partial charge < -0.3 is 4.90 Å². The highest BCUT2D eigenvalue weighted by atomic mass is 35.7. The first-order valence-corrected chi connectivity index (χ1v) is 6.81. The number of amides is 1. The normalized spacial score (nSPS) is 22.9.